The van der Waals surface area contributed by atoms with Gasteiger partial charge in [-0.2, -0.15) is 0 Å². The first-order chi connectivity index (χ1) is 8.69. The summed E-state index contributed by atoms with van der Waals surface area (Å²) in [5.74, 6) is 1.68. The number of halogens is 2. The third-order valence-electron chi connectivity index (χ3n) is 3.27. The third kappa shape index (κ3) is 5.57. The van der Waals surface area contributed by atoms with E-state index in [4.69, 9.17) is 11.6 Å². The lowest BCUT2D eigenvalue weighted by molar-refractivity contribution is 0.758. The lowest BCUT2D eigenvalue weighted by Gasteiger charge is -2.11. The summed E-state index contributed by atoms with van der Waals surface area (Å²) in [6, 6.07) is 8.57. The quantitative estimate of drug-likeness (QED) is 0.468. The molecule has 2 atom stereocenters. The molecule has 1 aromatic rings. The topological polar surface area (TPSA) is 36.4 Å². The fourth-order valence-corrected chi connectivity index (χ4v) is 2.00. The molecule has 1 aromatic carbocycles. The molecule has 5 heteroatoms. The summed E-state index contributed by atoms with van der Waals surface area (Å²) in [7, 11) is 1.81. The minimum Gasteiger partial charge on any atom is -0.356 e. The molecule has 3 nitrogen and oxygen atoms in total. The van der Waals surface area contributed by atoms with Crippen molar-refractivity contribution in [3.8, 4) is 0 Å². The standard InChI is InChI=1S/C14H20ClN3.HI/c1-10-9-13(10)18-14(16-2)17-8-7-11-3-5-12(15)6-4-11;/h3-6,10,13H,7-9H2,1-2H3,(H2,16,17,18);1H. The highest BCUT2D eigenvalue weighted by Gasteiger charge is 2.33. The average Bonchev–Trinajstić information content (AvgIpc) is 3.06. The molecule has 0 amide bonds. The van der Waals surface area contributed by atoms with Gasteiger partial charge in [0.1, 0.15) is 0 Å². The number of benzene rings is 1. The molecule has 1 aliphatic rings. The largest absolute Gasteiger partial charge is 0.356 e. The first kappa shape index (κ1) is 16.6. The smallest absolute Gasteiger partial charge is 0.191 e. The summed E-state index contributed by atoms with van der Waals surface area (Å²) < 4.78 is 0. The molecular weight excluding hydrogens is 373 g/mol. The van der Waals surface area contributed by atoms with Crippen molar-refractivity contribution in [1.29, 1.82) is 0 Å². The number of nitrogens with zero attached hydrogens (tertiary/aromatic N) is 1. The van der Waals surface area contributed by atoms with Crippen LogP contribution in [0.2, 0.25) is 5.02 Å². The predicted molar refractivity (Wildman–Crippen MR) is 92.6 cm³/mol. The molecule has 0 aliphatic heterocycles. The van der Waals surface area contributed by atoms with Crippen LogP contribution < -0.4 is 10.6 Å². The third-order valence-corrected chi connectivity index (χ3v) is 3.53. The summed E-state index contributed by atoms with van der Waals surface area (Å²) in [5, 5.41) is 7.52. The predicted octanol–water partition coefficient (Wildman–Crippen LogP) is 3.07. The van der Waals surface area contributed by atoms with E-state index < -0.39 is 0 Å². The molecule has 2 unspecified atom stereocenters. The lowest BCUT2D eigenvalue weighted by atomic mass is 10.1. The van der Waals surface area contributed by atoms with Crippen LogP contribution in [0.25, 0.3) is 0 Å². The van der Waals surface area contributed by atoms with E-state index >= 15 is 0 Å². The highest BCUT2D eigenvalue weighted by molar-refractivity contribution is 14.0. The molecule has 19 heavy (non-hydrogen) atoms. The van der Waals surface area contributed by atoms with Gasteiger partial charge in [0.25, 0.3) is 0 Å². The van der Waals surface area contributed by atoms with Crippen LogP contribution in [-0.2, 0) is 6.42 Å². The van der Waals surface area contributed by atoms with Crippen molar-refractivity contribution in [2.45, 2.75) is 25.8 Å². The average molecular weight is 394 g/mol. The van der Waals surface area contributed by atoms with Gasteiger partial charge in [-0.05, 0) is 36.5 Å². The SMILES string of the molecule is CN=C(NCCc1ccc(Cl)cc1)NC1CC1C.I. The monoisotopic (exact) mass is 393 g/mol. The Labute approximate surface area is 137 Å². The highest BCUT2D eigenvalue weighted by atomic mass is 127. The second kappa shape index (κ2) is 7.94. The highest BCUT2D eigenvalue weighted by Crippen LogP contribution is 2.28. The van der Waals surface area contributed by atoms with Crippen molar-refractivity contribution in [2.75, 3.05) is 13.6 Å². The Hall–Kier alpha value is -0.490. The molecule has 0 aromatic heterocycles. The number of hydrogen-bond acceptors (Lipinski definition) is 1. The second-order valence-corrected chi connectivity index (χ2v) is 5.28. The van der Waals surface area contributed by atoms with Crippen LogP contribution >= 0.6 is 35.6 Å². The first-order valence-corrected chi connectivity index (χ1v) is 6.78. The molecule has 0 radical (unpaired) electrons. The fraction of sp³-hybridized carbons (Fsp3) is 0.500. The summed E-state index contributed by atoms with van der Waals surface area (Å²) in [6.07, 6.45) is 2.22. The fourth-order valence-electron chi connectivity index (χ4n) is 1.87. The summed E-state index contributed by atoms with van der Waals surface area (Å²) in [6.45, 7) is 3.13. The van der Waals surface area contributed by atoms with E-state index in [9.17, 15) is 0 Å². The Morgan fingerprint density at radius 3 is 2.53 bits per heavy atom. The zero-order chi connectivity index (χ0) is 13.0. The number of hydrogen-bond donors (Lipinski definition) is 2. The number of rotatable bonds is 4. The van der Waals surface area contributed by atoms with Gasteiger partial charge < -0.3 is 10.6 Å². The van der Waals surface area contributed by atoms with Gasteiger partial charge in [0.15, 0.2) is 5.96 Å². The van der Waals surface area contributed by atoms with Crippen molar-refractivity contribution in [3.05, 3.63) is 34.9 Å². The van der Waals surface area contributed by atoms with E-state index in [-0.39, 0.29) is 24.0 Å². The molecule has 0 heterocycles. The van der Waals surface area contributed by atoms with E-state index in [0.717, 1.165) is 29.9 Å². The van der Waals surface area contributed by atoms with Gasteiger partial charge in [0.2, 0.25) is 0 Å². The maximum absolute atomic E-state index is 5.85. The van der Waals surface area contributed by atoms with Crippen LogP contribution in [0.15, 0.2) is 29.3 Å². The summed E-state index contributed by atoms with van der Waals surface area (Å²) in [5.41, 5.74) is 1.28. The summed E-state index contributed by atoms with van der Waals surface area (Å²) >= 11 is 5.85. The van der Waals surface area contributed by atoms with Crippen molar-refractivity contribution < 1.29 is 0 Å². The van der Waals surface area contributed by atoms with Crippen LogP contribution in [0.1, 0.15) is 18.9 Å². The van der Waals surface area contributed by atoms with Crippen molar-refractivity contribution in [2.24, 2.45) is 10.9 Å². The minimum atomic E-state index is 0. The van der Waals surface area contributed by atoms with Gasteiger partial charge in [-0.3, -0.25) is 4.99 Å². The Balaban J connectivity index is 0.00000180. The molecule has 106 valence electrons. The number of guanidine groups is 1. The van der Waals surface area contributed by atoms with E-state index in [1.165, 1.54) is 12.0 Å². The van der Waals surface area contributed by atoms with Gasteiger partial charge in [-0.15, -0.1) is 24.0 Å². The number of nitrogens with one attached hydrogen (secondary N) is 2. The first-order valence-electron chi connectivity index (χ1n) is 6.40. The van der Waals surface area contributed by atoms with E-state index in [0.29, 0.717) is 6.04 Å². The molecule has 2 rings (SSSR count). The Morgan fingerprint density at radius 2 is 2.00 bits per heavy atom. The van der Waals surface area contributed by atoms with Crippen molar-refractivity contribution in [1.82, 2.24) is 10.6 Å². The van der Waals surface area contributed by atoms with Gasteiger partial charge in [-0.1, -0.05) is 30.7 Å². The molecule has 2 N–H and O–H groups in total. The summed E-state index contributed by atoms with van der Waals surface area (Å²) in [4.78, 5) is 4.22. The van der Waals surface area contributed by atoms with Gasteiger partial charge in [-0.25, -0.2) is 0 Å². The van der Waals surface area contributed by atoms with Gasteiger partial charge in [0, 0.05) is 24.7 Å². The zero-order valence-electron chi connectivity index (χ0n) is 11.3. The zero-order valence-corrected chi connectivity index (χ0v) is 14.4. The van der Waals surface area contributed by atoms with E-state index in [2.05, 4.69) is 34.7 Å². The molecule has 0 saturated heterocycles. The maximum Gasteiger partial charge on any atom is 0.191 e. The van der Waals surface area contributed by atoms with E-state index in [1.807, 2.05) is 19.2 Å². The Kier molecular flexibility index (Phi) is 6.93. The minimum absolute atomic E-state index is 0. The second-order valence-electron chi connectivity index (χ2n) is 4.84. The lowest BCUT2D eigenvalue weighted by Crippen LogP contribution is -2.39. The van der Waals surface area contributed by atoms with Crippen molar-refractivity contribution >= 4 is 41.5 Å². The van der Waals surface area contributed by atoms with Gasteiger partial charge in [0.05, 0.1) is 0 Å². The molecule has 1 aliphatic carbocycles. The van der Waals surface area contributed by atoms with E-state index in [1.54, 1.807) is 0 Å². The molecule has 1 fully saturated rings. The van der Waals surface area contributed by atoms with Crippen molar-refractivity contribution in [3.63, 3.8) is 0 Å². The number of aliphatic imine (C=N–C) groups is 1. The van der Waals surface area contributed by atoms with Crippen LogP contribution in [-0.4, -0.2) is 25.6 Å². The van der Waals surface area contributed by atoms with Crippen LogP contribution in [0.3, 0.4) is 0 Å². The normalized spacial score (nSPS) is 21.5. The Bertz CT molecular complexity index is 419. The van der Waals surface area contributed by atoms with Crippen LogP contribution in [0, 0.1) is 5.92 Å². The maximum atomic E-state index is 5.85. The van der Waals surface area contributed by atoms with Gasteiger partial charge >= 0.3 is 0 Å². The van der Waals surface area contributed by atoms with Crippen LogP contribution in [0.4, 0.5) is 0 Å². The Morgan fingerprint density at radius 1 is 1.37 bits per heavy atom. The molecule has 1 saturated carbocycles. The molecule has 0 bridgehead atoms. The molecular formula is C14H21ClIN3. The molecule has 0 spiro atoms. The van der Waals surface area contributed by atoms with Crippen LogP contribution in [0.5, 0.6) is 0 Å².